The standard InChI is InChI=1S/C19H19Cl2N3O3S/c1-26-16-6-5-12(11-14(16)21)18(25)23-19(28)22-15-4-2-3-13(20)17(15)24-7-9-27-10-8-24/h2-6,11H,7-10H2,1H3,(H2,22,23,25,28). The maximum absolute atomic E-state index is 12.5. The van der Waals surface area contributed by atoms with E-state index in [9.17, 15) is 4.79 Å². The largest absolute Gasteiger partial charge is 0.495 e. The minimum atomic E-state index is -0.378. The number of anilines is 2. The number of hydrogen-bond donors (Lipinski definition) is 2. The van der Waals surface area contributed by atoms with Gasteiger partial charge in [-0.05, 0) is 42.5 Å². The van der Waals surface area contributed by atoms with Gasteiger partial charge in [0.05, 0.1) is 41.7 Å². The van der Waals surface area contributed by atoms with Gasteiger partial charge in [0.1, 0.15) is 5.75 Å². The molecule has 6 nitrogen and oxygen atoms in total. The molecule has 2 aromatic rings. The summed E-state index contributed by atoms with van der Waals surface area (Å²) in [6.07, 6.45) is 0. The molecule has 1 fully saturated rings. The van der Waals surface area contributed by atoms with Crippen molar-refractivity contribution in [3.8, 4) is 5.75 Å². The van der Waals surface area contributed by atoms with E-state index >= 15 is 0 Å². The first-order valence-electron chi connectivity index (χ1n) is 8.56. The number of thiocarbonyl (C=S) groups is 1. The zero-order valence-electron chi connectivity index (χ0n) is 15.1. The highest BCUT2D eigenvalue weighted by Crippen LogP contribution is 2.34. The van der Waals surface area contributed by atoms with Crippen molar-refractivity contribution in [1.82, 2.24) is 5.32 Å². The highest BCUT2D eigenvalue weighted by molar-refractivity contribution is 7.80. The fourth-order valence-electron chi connectivity index (χ4n) is 2.86. The van der Waals surface area contributed by atoms with Crippen LogP contribution in [0.5, 0.6) is 5.75 Å². The van der Waals surface area contributed by atoms with E-state index in [2.05, 4.69) is 15.5 Å². The molecular weight excluding hydrogens is 421 g/mol. The third-order valence-electron chi connectivity index (χ3n) is 4.20. The molecule has 1 heterocycles. The molecule has 0 unspecified atom stereocenters. The van der Waals surface area contributed by atoms with Crippen molar-refractivity contribution in [3.05, 3.63) is 52.0 Å². The summed E-state index contributed by atoms with van der Waals surface area (Å²) in [4.78, 5) is 14.6. The van der Waals surface area contributed by atoms with Crippen molar-refractivity contribution in [2.75, 3.05) is 43.6 Å². The SMILES string of the molecule is COc1ccc(C(=O)NC(=S)Nc2cccc(Cl)c2N2CCOCC2)cc1Cl. The molecule has 1 aliphatic heterocycles. The molecular formula is C19H19Cl2N3O3S. The Bertz CT molecular complexity index is 889. The van der Waals surface area contributed by atoms with E-state index in [-0.39, 0.29) is 11.0 Å². The number of carbonyl (C=O) groups excluding carboxylic acids is 1. The van der Waals surface area contributed by atoms with Crippen LogP contribution in [0, 0.1) is 0 Å². The molecule has 2 N–H and O–H groups in total. The highest BCUT2D eigenvalue weighted by atomic mass is 35.5. The number of halogens is 2. The molecule has 0 aliphatic carbocycles. The van der Waals surface area contributed by atoms with Crippen LogP contribution >= 0.6 is 35.4 Å². The van der Waals surface area contributed by atoms with E-state index in [1.54, 1.807) is 12.1 Å². The fraction of sp³-hybridized carbons (Fsp3) is 0.263. The summed E-state index contributed by atoms with van der Waals surface area (Å²) in [5.41, 5.74) is 1.92. The van der Waals surface area contributed by atoms with Crippen molar-refractivity contribution in [2.45, 2.75) is 0 Å². The van der Waals surface area contributed by atoms with Gasteiger partial charge in [-0.1, -0.05) is 29.3 Å². The molecule has 0 spiro atoms. The Morgan fingerprint density at radius 3 is 2.61 bits per heavy atom. The van der Waals surface area contributed by atoms with E-state index in [4.69, 9.17) is 44.9 Å². The molecule has 0 aromatic heterocycles. The van der Waals surface area contributed by atoms with Gasteiger partial charge in [-0.15, -0.1) is 0 Å². The van der Waals surface area contributed by atoms with Crippen molar-refractivity contribution in [2.24, 2.45) is 0 Å². The predicted octanol–water partition coefficient (Wildman–Crippen LogP) is 3.97. The van der Waals surface area contributed by atoms with Crippen LogP contribution in [0.25, 0.3) is 0 Å². The number of rotatable bonds is 4. The lowest BCUT2D eigenvalue weighted by atomic mass is 10.2. The minimum Gasteiger partial charge on any atom is -0.495 e. The van der Waals surface area contributed by atoms with Crippen LogP contribution in [-0.4, -0.2) is 44.4 Å². The number of benzene rings is 2. The molecule has 0 atom stereocenters. The van der Waals surface area contributed by atoms with Crippen LogP contribution in [0.3, 0.4) is 0 Å². The third kappa shape index (κ3) is 4.86. The smallest absolute Gasteiger partial charge is 0.257 e. The van der Waals surface area contributed by atoms with Crippen molar-refractivity contribution < 1.29 is 14.3 Å². The molecule has 28 heavy (non-hydrogen) atoms. The van der Waals surface area contributed by atoms with Crippen molar-refractivity contribution >= 4 is 57.8 Å². The Kier molecular flexibility index (Phi) is 6.96. The number of hydrogen-bond acceptors (Lipinski definition) is 5. The van der Waals surface area contributed by atoms with E-state index in [1.807, 2.05) is 18.2 Å². The monoisotopic (exact) mass is 439 g/mol. The third-order valence-corrected chi connectivity index (χ3v) is 5.01. The minimum absolute atomic E-state index is 0.161. The van der Waals surface area contributed by atoms with Crippen LogP contribution in [0.1, 0.15) is 10.4 Å². The molecule has 2 aromatic carbocycles. The summed E-state index contributed by atoms with van der Waals surface area (Å²) in [5, 5.41) is 6.82. The van der Waals surface area contributed by atoms with Crippen LogP contribution in [0.15, 0.2) is 36.4 Å². The number of methoxy groups -OCH3 is 1. The molecule has 0 radical (unpaired) electrons. The highest BCUT2D eigenvalue weighted by Gasteiger charge is 2.19. The second kappa shape index (κ2) is 9.43. The Hall–Kier alpha value is -2.06. The Morgan fingerprint density at radius 1 is 1.18 bits per heavy atom. The number of carbonyl (C=O) groups is 1. The number of amides is 1. The second-order valence-electron chi connectivity index (χ2n) is 5.99. The van der Waals surface area contributed by atoms with Gasteiger partial charge in [0.15, 0.2) is 5.11 Å². The zero-order valence-corrected chi connectivity index (χ0v) is 17.5. The van der Waals surface area contributed by atoms with E-state index in [1.165, 1.54) is 13.2 Å². The van der Waals surface area contributed by atoms with E-state index < -0.39 is 0 Å². The van der Waals surface area contributed by atoms with Crippen LogP contribution in [0.2, 0.25) is 10.0 Å². The summed E-state index contributed by atoms with van der Waals surface area (Å²) in [6.45, 7) is 2.71. The first-order chi connectivity index (χ1) is 13.5. The normalized spacial score (nSPS) is 13.8. The lowest BCUT2D eigenvalue weighted by Crippen LogP contribution is -2.38. The van der Waals surface area contributed by atoms with Crippen molar-refractivity contribution in [1.29, 1.82) is 0 Å². The molecule has 0 saturated carbocycles. The first kappa shape index (κ1) is 20.7. The van der Waals surface area contributed by atoms with Gasteiger partial charge in [0.2, 0.25) is 0 Å². The average molecular weight is 440 g/mol. The summed E-state index contributed by atoms with van der Waals surface area (Å²) in [7, 11) is 1.51. The zero-order chi connectivity index (χ0) is 20.1. The number of morpholine rings is 1. The quantitative estimate of drug-likeness (QED) is 0.702. The van der Waals surface area contributed by atoms with Crippen LogP contribution < -0.4 is 20.3 Å². The van der Waals surface area contributed by atoms with Gasteiger partial charge in [-0.2, -0.15) is 0 Å². The molecule has 148 valence electrons. The second-order valence-corrected chi connectivity index (χ2v) is 7.22. The maximum atomic E-state index is 12.5. The molecule has 0 bridgehead atoms. The predicted molar refractivity (Wildman–Crippen MR) is 116 cm³/mol. The lowest BCUT2D eigenvalue weighted by molar-refractivity contribution is 0.0977. The summed E-state index contributed by atoms with van der Waals surface area (Å²) >= 11 is 17.8. The summed E-state index contributed by atoms with van der Waals surface area (Å²) < 4.78 is 10.5. The van der Waals surface area contributed by atoms with Gasteiger partial charge in [0, 0.05) is 18.7 Å². The molecule has 1 aliphatic rings. The Balaban J connectivity index is 1.72. The number of nitrogens with zero attached hydrogens (tertiary/aromatic N) is 1. The van der Waals surface area contributed by atoms with Gasteiger partial charge in [-0.3, -0.25) is 10.1 Å². The van der Waals surface area contributed by atoms with Crippen LogP contribution in [-0.2, 0) is 4.74 Å². The van der Waals surface area contributed by atoms with E-state index in [0.717, 1.165) is 18.8 Å². The molecule has 9 heteroatoms. The Labute approximate surface area is 178 Å². The molecule has 1 amide bonds. The fourth-order valence-corrected chi connectivity index (χ4v) is 3.62. The number of ether oxygens (including phenoxy) is 2. The number of nitrogens with one attached hydrogen (secondary N) is 2. The number of para-hydroxylation sites is 1. The maximum Gasteiger partial charge on any atom is 0.257 e. The van der Waals surface area contributed by atoms with Gasteiger partial charge < -0.3 is 19.7 Å². The lowest BCUT2D eigenvalue weighted by Gasteiger charge is -2.31. The van der Waals surface area contributed by atoms with E-state index in [0.29, 0.717) is 40.3 Å². The van der Waals surface area contributed by atoms with Crippen molar-refractivity contribution in [3.63, 3.8) is 0 Å². The van der Waals surface area contributed by atoms with Gasteiger partial charge in [0.25, 0.3) is 5.91 Å². The average Bonchev–Trinajstić information content (AvgIpc) is 2.68. The van der Waals surface area contributed by atoms with Gasteiger partial charge >= 0.3 is 0 Å². The summed E-state index contributed by atoms with van der Waals surface area (Å²) in [5.74, 6) is 0.116. The summed E-state index contributed by atoms with van der Waals surface area (Å²) in [6, 6.07) is 10.3. The topological polar surface area (TPSA) is 62.8 Å². The van der Waals surface area contributed by atoms with Gasteiger partial charge in [-0.25, -0.2) is 0 Å². The molecule has 1 saturated heterocycles. The molecule has 3 rings (SSSR count). The van der Waals surface area contributed by atoms with Crippen LogP contribution in [0.4, 0.5) is 11.4 Å². The Morgan fingerprint density at radius 2 is 1.93 bits per heavy atom. The first-order valence-corrected chi connectivity index (χ1v) is 9.73.